The average molecular weight is 239 g/mol. The van der Waals surface area contributed by atoms with Gasteiger partial charge in [-0.15, -0.1) is 0 Å². The van der Waals surface area contributed by atoms with Crippen molar-refractivity contribution in [1.82, 2.24) is 4.90 Å². The van der Waals surface area contributed by atoms with E-state index in [0.29, 0.717) is 23.2 Å². The van der Waals surface area contributed by atoms with Crippen molar-refractivity contribution in [2.24, 2.45) is 0 Å². The molecule has 1 unspecified atom stereocenters. The fourth-order valence-corrected chi connectivity index (χ4v) is 1.71. The molecule has 17 heavy (non-hydrogen) atoms. The monoisotopic (exact) mass is 239 g/mol. The van der Waals surface area contributed by atoms with Gasteiger partial charge in [-0.2, -0.15) is 0 Å². The Morgan fingerprint density at radius 1 is 1.41 bits per heavy atom. The van der Waals surface area contributed by atoms with Crippen LogP contribution in [0.1, 0.15) is 22.8 Å². The summed E-state index contributed by atoms with van der Waals surface area (Å²) in [5, 5.41) is 28.0. The van der Waals surface area contributed by atoms with Crippen molar-refractivity contribution in [2.75, 3.05) is 14.1 Å². The molecule has 0 amide bonds. The molecule has 1 aromatic carbocycles. The molecule has 0 heterocycles. The second-order valence-corrected chi connectivity index (χ2v) is 4.26. The third-order valence-corrected chi connectivity index (χ3v) is 2.62. The number of phenolic OH excluding ortho intramolecular Hbond substituents is 1. The lowest BCUT2D eigenvalue weighted by Crippen LogP contribution is -2.16. The molecule has 1 aromatic rings. The highest BCUT2D eigenvalue weighted by Gasteiger charge is 2.21. The molecule has 0 aliphatic heterocycles. The Labute approximate surface area is 99.9 Å². The minimum atomic E-state index is -1.56. The van der Waals surface area contributed by atoms with Gasteiger partial charge >= 0.3 is 5.97 Å². The Hall–Kier alpha value is -1.59. The van der Waals surface area contributed by atoms with E-state index in [1.807, 2.05) is 19.0 Å². The van der Waals surface area contributed by atoms with Crippen molar-refractivity contribution >= 4 is 5.97 Å². The number of carboxylic acid groups (broad SMARTS) is 1. The standard InChI is InChI=1S/C12H17NO4/c1-7-8(11(15)12(16)17)4-5-10(14)9(7)6-13(2)3/h4-5,11,14-15H,6H2,1-3H3,(H,16,17). The van der Waals surface area contributed by atoms with Gasteiger partial charge in [0.1, 0.15) is 5.75 Å². The summed E-state index contributed by atoms with van der Waals surface area (Å²) < 4.78 is 0. The molecule has 0 fully saturated rings. The lowest BCUT2D eigenvalue weighted by molar-refractivity contribution is -0.147. The zero-order valence-corrected chi connectivity index (χ0v) is 10.1. The first-order chi connectivity index (χ1) is 7.84. The summed E-state index contributed by atoms with van der Waals surface area (Å²) in [5.41, 5.74) is 1.55. The number of phenols is 1. The van der Waals surface area contributed by atoms with Crippen molar-refractivity contribution in [1.29, 1.82) is 0 Å². The summed E-state index contributed by atoms with van der Waals surface area (Å²) in [6.07, 6.45) is -1.56. The first kappa shape index (κ1) is 13.5. The van der Waals surface area contributed by atoms with E-state index in [4.69, 9.17) is 5.11 Å². The number of rotatable bonds is 4. The fourth-order valence-electron chi connectivity index (χ4n) is 1.71. The van der Waals surface area contributed by atoms with Crippen LogP contribution in [0.15, 0.2) is 12.1 Å². The minimum Gasteiger partial charge on any atom is -0.508 e. The number of hydrogen-bond donors (Lipinski definition) is 3. The van der Waals surface area contributed by atoms with Crippen LogP contribution >= 0.6 is 0 Å². The Kier molecular flexibility index (Phi) is 4.09. The molecule has 5 nitrogen and oxygen atoms in total. The lowest BCUT2D eigenvalue weighted by atomic mass is 9.97. The second-order valence-electron chi connectivity index (χ2n) is 4.26. The maximum atomic E-state index is 10.7. The van der Waals surface area contributed by atoms with E-state index < -0.39 is 12.1 Å². The third-order valence-electron chi connectivity index (χ3n) is 2.62. The largest absolute Gasteiger partial charge is 0.508 e. The van der Waals surface area contributed by atoms with Gasteiger partial charge in [-0.05, 0) is 38.2 Å². The molecule has 0 aliphatic rings. The molecule has 0 aromatic heterocycles. The van der Waals surface area contributed by atoms with Gasteiger partial charge in [-0.25, -0.2) is 4.79 Å². The zero-order valence-electron chi connectivity index (χ0n) is 10.1. The highest BCUT2D eigenvalue weighted by Crippen LogP contribution is 2.28. The number of aliphatic hydroxyl groups excluding tert-OH is 1. The number of aliphatic carboxylic acids is 1. The molecular formula is C12H17NO4. The first-order valence-corrected chi connectivity index (χ1v) is 5.21. The summed E-state index contributed by atoms with van der Waals surface area (Å²) in [7, 11) is 3.69. The SMILES string of the molecule is Cc1c(C(O)C(=O)O)ccc(O)c1CN(C)C. The molecule has 1 rings (SSSR count). The van der Waals surface area contributed by atoms with Gasteiger partial charge in [0.15, 0.2) is 6.10 Å². The number of carbonyl (C=O) groups is 1. The van der Waals surface area contributed by atoms with Gasteiger partial charge in [-0.1, -0.05) is 6.07 Å². The molecule has 0 bridgehead atoms. The molecule has 0 saturated carbocycles. The molecule has 0 radical (unpaired) electrons. The van der Waals surface area contributed by atoms with Crippen LogP contribution in [0.4, 0.5) is 0 Å². The maximum absolute atomic E-state index is 10.7. The van der Waals surface area contributed by atoms with E-state index in [0.717, 1.165) is 0 Å². The van der Waals surface area contributed by atoms with Gasteiger partial charge in [0.05, 0.1) is 0 Å². The summed E-state index contributed by atoms with van der Waals surface area (Å²) >= 11 is 0. The average Bonchev–Trinajstić information content (AvgIpc) is 2.23. The first-order valence-electron chi connectivity index (χ1n) is 5.21. The molecule has 0 spiro atoms. The van der Waals surface area contributed by atoms with E-state index in [-0.39, 0.29) is 5.75 Å². The third kappa shape index (κ3) is 2.95. The van der Waals surface area contributed by atoms with Gasteiger partial charge < -0.3 is 20.2 Å². The number of carboxylic acids is 1. The highest BCUT2D eigenvalue weighted by atomic mass is 16.4. The van der Waals surface area contributed by atoms with Crippen LogP contribution in [0.25, 0.3) is 0 Å². The Morgan fingerprint density at radius 2 is 2.00 bits per heavy atom. The van der Waals surface area contributed by atoms with Crippen LogP contribution in [0, 0.1) is 6.92 Å². The maximum Gasteiger partial charge on any atom is 0.337 e. The van der Waals surface area contributed by atoms with Crippen molar-refractivity contribution in [3.63, 3.8) is 0 Å². The van der Waals surface area contributed by atoms with E-state index in [1.54, 1.807) is 6.92 Å². The number of benzene rings is 1. The van der Waals surface area contributed by atoms with Gasteiger partial charge in [-0.3, -0.25) is 0 Å². The number of nitrogens with zero attached hydrogens (tertiary/aromatic N) is 1. The Bertz CT molecular complexity index is 429. The van der Waals surface area contributed by atoms with Gasteiger partial charge in [0.2, 0.25) is 0 Å². The smallest absolute Gasteiger partial charge is 0.337 e. The lowest BCUT2D eigenvalue weighted by Gasteiger charge is -2.18. The molecule has 0 aliphatic carbocycles. The fraction of sp³-hybridized carbons (Fsp3) is 0.417. The van der Waals surface area contributed by atoms with Crippen molar-refractivity contribution in [3.8, 4) is 5.75 Å². The highest BCUT2D eigenvalue weighted by molar-refractivity contribution is 5.75. The summed E-state index contributed by atoms with van der Waals surface area (Å²) in [6.45, 7) is 2.18. The molecular weight excluding hydrogens is 222 g/mol. The number of aromatic hydroxyl groups is 1. The molecule has 94 valence electrons. The second kappa shape index (κ2) is 5.16. The van der Waals surface area contributed by atoms with Crippen LogP contribution in [-0.2, 0) is 11.3 Å². The van der Waals surface area contributed by atoms with E-state index in [9.17, 15) is 15.0 Å². The zero-order chi connectivity index (χ0) is 13.2. The van der Waals surface area contributed by atoms with Gasteiger partial charge in [0.25, 0.3) is 0 Å². The van der Waals surface area contributed by atoms with Crippen LogP contribution in [0.3, 0.4) is 0 Å². The summed E-state index contributed by atoms with van der Waals surface area (Å²) in [6, 6.07) is 2.84. The molecule has 3 N–H and O–H groups in total. The molecule has 5 heteroatoms. The van der Waals surface area contributed by atoms with Gasteiger partial charge in [0, 0.05) is 12.1 Å². The molecule has 0 saturated heterocycles. The Morgan fingerprint density at radius 3 is 2.47 bits per heavy atom. The van der Waals surface area contributed by atoms with Crippen LogP contribution in [0.5, 0.6) is 5.75 Å². The number of aliphatic hydroxyl groups is 1. The van der Waals surface area contributed by atoms with Crippen molar-refractivity contribution < 1.29 is 20.1 Å². The van der Waals surface area contributed by atoms with Crippen LogP contribution in [0.2, 0.25) is 0 Å². The quantitative estimate of drug-likeness (QED) is 0.726. The summed E-state index contributed by atoms with van der Waals surface area (Å²) in [4.78, 5) is 12.6. The predicted molar refractivity (Wildman–Crippen MR) is 62.8 cm³/mol. The minimum absolute atomic E-state index is 0.109. The van der Waals surface area contributed by atoms with Crippen molar-refractivity contribution in [2.45, 2.75) is 19.6 Å². The predicted octanol–water partition coefficient (Wildman–Crippen LogP) is 0.880. The van der Waals surface area contributed by atoms with E-state index in [1.165, 1.54) is 12.1 Å². The van der Waals surface area contributed by atoms with E-state index in [2.05, 4.69) is 0 Å². The molecule has 1 atom stereocenters. The topological polar surface area (TPSA) is 81.0 Å². The normalized spacial score (nSPS) is 12.8. The van der Waals surface area contributed by atoms with Crippen LogP contribution in [-0.4, -0.2) is 40.3 Å². The summed E-state index contributed by atoms with van der Waals surface area (Å²) in [5.74, 6) is -1.19. The van der Waals surface area contributed by atoms with E-state index >= 15 is 0 Å². The Balaban J connectivity index is 3.23. The van der Waals surface area contributed by atoms with Crippen LogP contribution < -0.4 is 0 Å². The van der Waals surface area contributed by atoms with Crippen molar-refractivity contribution in [3.05, 3.63) is 28.8 Å². The number of hydrogen-bond acceptors (Lipinski definition) is 4.